The minimum atomic E-state index is -0.456. The number of aromatic nitrogens is 2. The Kier molecular flexibility index (Phi) is 3.96. The van der Waals surface area contributed by atoms with Gasteiger partial charge in [-0.15, -0.1) is 0 Å². The first-order chi connectivity index (χ1) is 10.5. The van der Waals surface area contributed by atoms with Gasteiger partial charge in [-0.3, -0.25) is 4.79 Å². The smallest absolute Gasteiger partial charge is 0.256 e. The fourth-order valence-corrected chi connectivity index (χ4v) is 3.06. The van der Waals surface area contributed by atoms with Crippen LogP contribution in [0.25, 0.3) is 0 Å². The number of rotatable bonds is 3. The molecular weight excluding hydrogens is 281 g/mol. The molecule has 0 saturated carbocycles. The van der Waals surface area contributed by atoms with E-state index in [0.29, 0.717) is 12.5 Å². The quantitative estimate of drug-likeness (QED) is 0.874. The number of fused-ring (bicyclic) bond motifs is 1. The summed E-state index contributed by atoms with van der Waals surface area (Å²) in [6.07, 6.45) is 5.72. The van der Waals surface area contributed by atoms with E-state index in [1.807, 2.05) is 19.3 Å². The van der Waals surface area contributed by atoms with Crippen molar-refractivity contribution in [2.75, 3.05) is 13.6 Å². The van der Waals surface area contributed by atoms with E-state index in [0.717, 1.165) is 30.8 Å². The molecule has 0 saturated heterocycles. The molecule has 0 N–H and O–H groups in total. The third kappa shape index (κ3) is 2.89. The first-order valence-corrected chi connectivity index (χ1v) is 7.56. The van der Waals surface area contributed by atoms with Crippen molar-refractivity contribution in [3.05, 3.63) is 53.4 Å². The van der Waals surface area contributed by atoms with E-state index >= 15 is 0 Å². The van der Waals surface area contributed by atoms with Crippen LogP contribution in [0, 0.1) is 18.7 Å². The van der Waals surface area contributed by atoms with Gasteiger partial charge in [0.05, 0.1) is 5.56 Å². The molecule has 2 aromatic rings. The highest BCUT2D eigenvalue weighted by Crippen LogP contribution is 2.20. The van der Waals surface area contributed by atoms with E-state index in [4.69, 9.17) is 0 Å². The van der Waals surface area contributed by atoms with Gasteiger partial charge in [-0.2, -0.15) is 0 Å². The highest BCUT2D eigenvalue weighted by molar-refractivity contribution is 5.94. The first-order valence-electron chi connectivity index (χ1n) is 7.56. The standard InChI is InChI=1S/C17H20FN3O/c1-12-3-5-15(18)14(9-12)17(22)20(2)10-13-4-6-16-19-7-8-21(16)11-13/h3,5,7-9,13H,4,6,10-11H2,1-2H3/t13-/m1/s1. The second-order valence-corrected chi connectivity index (χ2v) is 6.07. The summed E-state index contributed by atoms with van der Waals surface area (Å²) in [4.78, 5) is 18.4. The van der Waals surface area contributed by atoms with Gasteiger partial charge >= 0.3 is 0 Å². The molecule has 22 heavy (non-hydrogen) atoms. The molecule has 4 nitrogen and oxygen atoms in total. The molecule has 1 aromatic heterocycles. The average molecular weight is 301 g/mol. The van der Waals surface area contributed by atoms with E-state index in [1.54, 1.807) is 24.1 Å². The minimum absolute atomic E-state index is 0.154. The molecule has 0 radical (unpaired) electrons. The van der Waals surface area contributed by atoms with Crippen molar-refractivity contribution >= 4 is 5.91 Å². The van der Waals surface area contributed by atoms with Crippen LogP contribution in [0.5, 0.6) is 0 Å². The molecule has 5 heteroatoms. The lowest BCUT2D eigenvalue weighted by Gasteiger charge is -2.28. The summed E-state index contributed by atoms with van der Waals surface area (Å²) in [6, 6.07) is 4.64. The predicted molar refractivity (Wildman–Crippen MR) is 82.1 cm³/mol. The summed E-state index contributed by atoms with van der Waals surface area (Å²) in [5.41, 5.74) is 1.04. The fourth-order valence-electron chi connectivity index (χ4n) is 3.06. The number of nitrogens with zero attached hydrogens (tertiary/aromatic N) is 3. The Morgan fingerprint density at radius 3 is 3.14 bits per heavy atom. The molecular formula is C17H20FN3O. The van der Waals surface area contributed by atoms with E-state index in [9.17, 15) is 9.18 Å². The second kappa shape index (κ2) is 5.91. The Hall–Kier alpha value is -2.17. The van der Waals surface area contributed by atoms with Crippen LogP contribution in [0.15, 0.2) is 30.6 Å². The van der Waals surface area contributed by atoms with Crippen molar-refractivity contribution in [2.24, 2.45) is 5.92 Å². The third-order valence-electron chi connectivity index (χ3n) is 4.26. The number of hydrogen-bond donors (Lipinski definition) is 0. The van der Waals surface area contributed by atoms with E-state index in [1.165, 1.54) is 6.07 Å². The topological polar surface area (TPSA) is 38.1 Å². The van der Waals surface area contributed by atoms with Crippen molar-refractivity contribution in [2.45, 2.75) is 26.3 Å². The first kappa shape index (κ1) is 14.8. The van der Waals surface area contributed by atoms with Gasteiger partial charge in [0.1, 0.15) is 11.6 Å². The summed E-state index contributed by atoms with van der Waals surface area (Å²) >= 11 is 0. The van der Waals surface area contributed by atoms with Crippen LogP contribution in [0.1, 0.15) is 28.2 Å². The molecule has 1 atom stereocenters. The number of carbonyl (C=O) groups excluding carboxylic acids is 1. The fraction of sp³-hybridized carbons (Fsp3) is 0.412. The number of amides is 1. The Bertz CT molecular complexity index is 695. The Labute approximate surface area is 129 Å². The molecule has 1 aliphatic heterocycles. The highest BCUT2D eigenvalue weighted by atomic mass is 19.1. The van der Waals surface area contributed by atoms with Crippen LogP contribution in [0.4, 0.5) is 4.39 Å². The molecule has 3 rings (SSSR count). The monoisotopic (exact) mass is 301 g/mol. The summed E-state index contributed by atoms with van der Waals surface area (Å²) in [6.45, 7) is 3.35. The molecule has 116 valence electrons. The average Bonchev–Trinajstić information content (AvgIpc) is 2.96. The van der Waals surface area contributed by atoms with Crippen LogP contribution in [0.3, 0.4) is 0 Å². The lowest BCUT2D eigenvalue weighted by atomic mass is 9.98. The van der Waals surface area contributed by atoms with Crippen LogP contribution < -0.4 is 0 Å². The zero-order chi connectivity index (χ0) is 15.7. The normalized spacial score (nSPS) is 17.1. The molecule has 1 aromatic carbocycles. The van der Waals surface area contributed by atoms with Crippen molar-refractivity contribution in [3.8, 4) is 0 Å². The van der Waals surface area contributed by atoms with Crippen molar-refractivity contribution < 1.29 is 9.18 Å². The van der Waals surface area contributed by atoms with Crippen LogP contribution in [-0.4, -0.2) is 34.0 Å². The van der Waals surface area contributed by atoms with Gasteiger partial charge < -0.3 is 9.47 Å². The zero-order valence-corrected chi connectivity index (χ0v) is 12.9. The van der Waals surface area contributed by atoms with Crippen LogP contribution in [0.2, 0.25) is 0 Å². The van der Waals surface area contributed by atoms with E-state index in [2.05, 4.69) is 9.55 Å². The van der Waals surface area contributed by atoms with E-state index in [-0.39, 0.29) is 11.5 Å². The molecule has 1 amide bonds. The molecule has 0 spiro atoms. The second-order valence-electron chi connectivity index (χ2n) is 6.07. The minimum Gasteiger partial charge on any atom is -0.341 e. The predicted octanol–water partition coefficient (Wildman–Crippen LogP) is 2.67. The molecule has 0 fully saturated rings. The maximum absolute atomic E-state index is 13.9. The molecule has 0 bridgehead atoms. The van der Waals surface area contributed by atoms with Gasteiger partial charge in [0.2, 0.25) is 0 Å². The number of halogens is 1. The van der Waals surface area contributed by atoms with Gasteiger partial charge in [0.25, 0.3) is 5.91 Å². The van der Waals surface area contributed by atoms with Gasteiger partial charge in [0, 0.05) is 39.0 Å². The van der Waals surface area contributed by atoms with Crippen molar-refractivity contribution in [3.63, 3.8) is 0 Å². The van der Waals surface area contributed by atoms with Crippen molar-refractivity contribution in [1.82, 2.24) is 14.5 Å². The summed E-state index contributed by atoms with van der Waals surface area (Å²) in [7, 11) is 1.74. The molecule has 0 aliphatic carbocycles. The number of benzene rings is 1. The lowest BCUT2D eigenvalue weighted by molar-refractivity contribution is 0.0756. The molecule has 2 heterocycles. The third-order valence-corrected chi connectivity index (χ3v) is 4.26. The number of aryl methyl sites for hydroxylation is 2. The van der Waals surface area contributed by atoms with Gasteiger partial charge in [-0.25, -0.2) is 9.37 Å². The maximum atomic E-state index is 13.9. The number of imidazole rings is 1. The van der Waals surface area contributed by atoms with Crippen molar-refractivity contribution in [1.29, 1.82) is 0 Å². The van der Waals surface area contributed by atoms with Gasteiger partial charge in [0.15, 0.2) is 0 Å². The van der Waals surface area contributed by atoms with Gasteiger partial charge in [-0.1, -0.05) is 11.6 Å². The summed E-state index contributed by atoms with van der Waals surface area (Å²) in [5, 5.41) is 0. The van der Waals surface area contributed by atoms with Crippen LogP contribution >= 0.6 is 0 Å². The van der Waals surface area contributed by atoms with Gasteiger partial charge in [-0.05, 0) is 31.4 Å². The Balaban J connectivity index is 1.68. The van der Waals surface area contributed by atoms with Crippen LogP contribution in [-0.2, 0) is 13.0 Å². The Morgan fingerprint density at radius 1 is 1.50 bits per heavy atom. The lowest BCUT2D eigenvalue weighted by Crippen LogP contribution is -2.35. The Morgan fingerprint density at radius 2 is 2.32 bits per heavy atom. The SMILES string of the molecule is Cc1ccc(F)c(C(=O)N(C)C[C@H]2CCc3nccn3C2)c1. The molecule has 1 aliphatic rings. The summed E-state index contributed by atoms with van der Waals surface area (Å²) < 4.78 is 16.0. The maximum Gasteiger partial charge on any atom is 0.256 e. The highest BCUT2D eigenvalue weighted by Gasteiger charge is 2.23. The zero-order valence-electron chi connectivity index (χ0n) is 12.9. The number of carbonyl (C=O) groups is 1. The summed E-state index contributed by atoms with van der Waals surface area (Å²) in [5.74, 6) is 0.777. The largest absolute Gasteiger partial charge is 0.341 e. The van der Waals surface area contributed by atoms with E-state index < -0.39 is 5.82 Å². The number of hydrogen-bond acceptors (Lipinski definition) is 2. The molecule has 0 unspecified atom stereocenters.